The number of phenols is 1. The van der Waals surface area contributed by atoms with E-state index in [1.54, 1.807) is 6.07 Å². The van der Waals surface area contributed by atoms with Crippen LogP contribution in [0, 0.1) is 0 Å². The van der Waals surface area contributed by atoms with Crippen molar-refractivity contribution >= 4 is 0 Å². The minimum atomic E-state index is -0.297. The van der Waals surface area contributed by atoms with E-state index in [-0.39, 0.29) is 11.8 Å². The largest absolute Gasteiger partial charge is 0.508 e. The van der Waals surface area contributed by atoms with E-state index in [4.69, 9.17) is 9.47 Å². The summed E-state index contributed by atoms with van der Waals surface area (Å²) in [5.41, 5.74) is 0.994. The Labute approximate surface area is 126 Å². The van der Waals surface area contributed by atoms with Gasteiger partial charge in [-0.1, -0.05) is 25.1 Å². The number of para-hydroxylation sites is 1. The van der Waals surface area contributed by atoms with E-state index in [2.05, 4.69) is 12.2 Å². The highest BCUT2D eigenvalue weighted by molar-refractivity contribution is 5.34. The molecule has 0 radical (unpaired) electrons. The molecule has 0 aromatic heterocycles. The smallest absolute Gasteiger partial charge is 0.168 e. The van der Waals surface area contributed by atoms with Crippen molar-refractivity contribution in [2.45, 2.75) is 56.9 Å². The Morgan fingerprint density at radius 1 is 1.24 bits per heavy atom. The second kappa shape index (κ2) is 6.34. The van der Waals surface area contributed by atoms with Gasteiger partial charge in [0, 0.05) is 30.5 Å². The summed E-state index contributed by atoms with van der Waals surface area (Å²) in [6.45, 7) is 3.61. The zero-order valence-electron chi connectivity index (χ0n) is 12.7. The first-order valence-corrected chi connectivity index (χ1v) is 8.04. The van der Waals surface area contributed by atoms with Crippen molar-refractivity contribution in [2.75, 3.05) is 13.2 Å². The van der Waals surface area contributed by atoms with Crippen molar-refractivity contribution in [3.63, 3.8) is 0 Å². The number of aromatic hydroxyl groups is 1. The summed E-state index contributed by atoms with van der Waals surface area (Å²) in [4.78, 5) is 0. The predicted molar refractivity (Wildman–Crippen MR) is 81.2 cm³/mol. The van der Waals surface area contributed by atoms with Gasteiger partial charge in [0.15, 0.2) is 5.79 Å². The molecule has 4 heteroatoms. The van der Waals surface area contributed by atoms with Crippen LogP contribution in [0.2, 0.25) is 0 Å². The summed E-state index contributed by atoms with van der Waals surface area (Å²) in [5.74, 6) is 0.0843. The standard InChI is InChI=1S/C17H25NO3/c1-2-15(14-5-3-4-6-16(14)19)18-13-7-9-17(10-8-13)20-11-12-21-17/h3-6,13,15,18-19H,2,7-12H2,1H3/t15-/m1/s1. The van der Waals surface area contributed by atoms with Crippen LogP contribution in [0.5, 0.6) is 5.75 Å². The number of hydrogen-bond donors (Lipinski definition) is 2. The third-order valence-electron chi connectivity index (χ3n) is 4.72. The Hall–Kier alpha value is -1.10. The van der Waals surface area contributed by atoms with Crippen molar-refractivity contribution in [2.24, 2.45) is 0 Å². The number of hydrogen-bond acceptors (Lipinski definition) is 4. The monoisotopic (exact) mass is 291 g/mol. The zero-order chi connectivity index (χ0) is 14.7. The molecule has 2 fully saturated rings. The molecule has 0 amide bonds. The molecular weight excluding hydrogens is 266 g/mol. The van der Waals surface area contributed by atoms with Gasteiger partial charge in [-0.2, -0.15) is 0 Å². The van der Waals surface area contributed by atoms with Crippen LogP contribution in [0.15, 0.2) is 24.3 Å². The molecule has 1 aromatic rings. The van der Waals surface area contributed by atoms with Gasteiger partial charge in [0.2, 0.25) is 0 Å². The van der Waals surface area contributed by atoms with Crippen LogP contribution in [0.4, 0.5) is 0 Å². The maximum Gasteiger partial charge on any atom is 0.168 e. The van der Waals surface area contributed by atoms with E-state index in [1.807, 2.05) is 18.2 Å². The summed E-state index contributed by atoms with van der Waals surface area (Å²) in [6, 6.07) is 8.28. The molecule has 4 nitrogen and oxygen atoms in total. The van der Waals surface area contributed by atoms with Crippen LogP contribution in [-0.4, -0.2) is 30.1 Å². The number of rotatable bonds is 4. The topological polar surface area (TPSA) is 50.7 Å². The van der Waals surface area contributed by atoms with Gasteiger partial charge < -0.3 is 19.9 Å². The molecule has 21 heavy (non-hydrogen) atoms. The van der Waals surface area contributed by atoms with Gasteiger partial charge in [0.25, 0.3) is 0 Å². The highest BCUT2D eigenvalue weighted by Gasteiger charge is 2.40. The van der Waals surface area contributed by atoms with Crippen molar-refractivity contribution in [1.29, 1.82) is 0 Å². The second-order valence-corrected chi connectivity index (χ2v) is 6.07. The second-order valence-electron chi connectivity index (χ2n) is 6.07. The Kier molecular flexibility index (Phi) is 4.48. The molecule has 2 N–H and O–H groups in total. The minimum absolute atomic E-state index is 0.204. The lowest BCUT2D eigenvalue weighted by Gasteiger charge is -2.37. The molecule has 0 bridgehead atoms. The number of ether oxygens (including phenoxy) is 2. The van der Waals surface area contributed by atoms with Gasteiger partial charge in [0.05, 0.1) is 13.2 Å². The first-order chi connectivity index (χ1) is 10.2. The Bertz CT molecular complexity index is 461. The summed E-state index contributed by atoms with van der Waals surface area (Å²) in [5, 5.41) is 13.7. The SMILES string of the molecule is CC[C@@H](NC1CCC2(CC1)OCCO2)c1ccccc1O. The van der Waals surface area contributed by atoms with Gasteiger partial charge >= 0.3 is 0 Å². The van der Waals surface area contributed by atoms with Gasteiger partial charge in [-0.25, -0.2) is 0 Å². The number of benzene rings is 1. The highest BCUT2D eigenvalue weighted by Crippen LogP contribution is 2.37. The maximum atomic E-state index is 10.0. The summed E-state index contributed by atoms with van der Waals surface area (Å²) in [6.07, 6.45) is 5.00. The first-order valence-electron chi connectivity index (χ1n) is 8.04. The van der Waals surface area contributed by atoms with E-state index in [9.17, 15) is 5.11 Å². The molecule has 1 atom stereocenters. The van der Waals surface area contributed by atoms with Crippen LogP contribution in [0.25, 0.3) is 0 Å². The fourth-order valence-electron chi connectivity index (χ4n) is 3.50. The molecule has 3 rings (SSSR count). The molecular formula is C17H25NO3. The Morgan fingerprint density at radius 2 is 1.90 bits per heavy atom. The molecule has 1 aliphatic carbocycles. The quantitative estimate of drug-likeness (QED) is 0.895. The zero-order valence-corrected chi connectivity index (χ0v) is 12.7. The molecule has 116 valence electrons. The van der Waals surface area contributed by atoms with E-state index >= 15 is 0 Å². The van der Waals surface area contributed by atoms with Crippen LogP contribution in [0.3, 0.4) is 0 Å². The lowest BCUT2D eigenvalue weighted by molar-refractivity contribution is -0.179. The molecule has 1 aliphatic heterocycles. The van der Waals surface area contributed by atoms with Crippen molar-refractivity contribution in [3.05, 3.63) is 29.8 Å². The van der Waals surface area contributed by atoms with Crippen LogP contribution in [0.1, 0.15) is 50.6 Å². The van der Waals surface area contributed by atoms with E-state index in [1.165, 1.54) is 0 Å². The van der Waals surface area contributed by atoms with E-state index in [0.717, 1.165) is 50.9 Å². The van der Waals surface area contributed by atoms with Crippen molar-refractivity contribution < 1.29 is 14.6 Å². The van der Waals surface area contributed by atoms with E-state index < -0.39 is 0 Å². The molecule has 1 aromatic carbocycles. The number of nitrogens with one attached hydrogen (secondary N) is 1. The van der Waals surface area contributed by atoms with Crippen molar-refractivity contribution in [3.8, 4) is 5.75 Å². The molecule has 1 saturated heterocycles. The third kappa shape index (κ3) is 3.23. The summed E-state index contributed by atoms with van der Waals surface area (Å²) >= 11 is 0. The van der Waals surface area contributed by atoms with Crippen LogP contribution >= 0.6 is 0 Å². The predicted octanol–water partition coefficient (Wildman–Crippen LogP) is 3.12. The lowest BCUT2D eigenvalue weighted by atomic mass is 9.89. The molecule has 1 spiro atoms. The minimum Gasteiger partial charge on any atom is -0.508 e. The van der Waals surface area contributed by atoms with Gasteiger partial charge in [0.1, 0.15) is 5.75 Å². The molecule has 1 heterocycles. The highest BCUT2D eigenvalue weighted by atomic mass is 16.7. The average molecular weight is 291 g/mol. The summed E-state index contributed by atoms with van der Waals surface area (Å²) < 4.78 is 11.5. The number of phenolic OH excluding ortho intramolecular Hbond substituents is 1. The average Bonchev–Trinajstić information content (AvgIpc) is 2.96. The van der Waals surface area contributed by atoms with Crippen LogP contribution in [-0.2, 0) is 9.47 Å². The fraction of sp³-hybridized carbons (Fsp3) is 0.647. The van der Waals surface area contributed by atoms with Gasteiger partial charge in [-0.3, -0.25) is 0 Å². The Morgan fingerprint density at radius 3 is 2.52 bits per heavy atom. The maximum absolute atomic E-state index is 10.0. The van der Waals surface area contributed by atoms with Gasteiger partial charge in [-0.05, 0) is 25.3 Å². The molecule has 1 saturated carbocycles. The fourth-order valence-corrected chi connectivity index (χ4v) is 3.50. The molecule has 2 aliphatic rings. The Balaban J connectivity index is 1.60. The van der Waals surface area contributed by atoms with E-state index in [0.29, 0.717) is 11.8 Å². The third-order valence-corrected chi connectivity index (χ3v) is 4.72. The summed E-state index contributed by atoms with van der Waals surface area (Å²) in [7, 11) is 0. The van der Waals surface area contributed by atoms with Crippen molar-refractivity contribution in [1.82, 2.24) is 5.32 Å². The molecule has 0 unspecified atom stereocenters. The normalized spacial score (nSPS) is 23.5. The first kappa shape index (κ1) is 14.8. The van der Waals surface area contributed by atoms with Crippen LogP contribution < -0.4 is 5.32 Å². The van der Waals surface area contributed by atoms with Gasteiger partial charge in [-0.15, -0.1) is 0 Å². The lowest BCUT2D eigenvalue weighted by Crippen LogP contribution is -2.43.